The van der Waals surface area contributed by atoms with Crippen molar-refractivity contribution in [2.45, 2.75) is 51.4 Å². The minimum atomic E-state index is 0.0308. The number of thiocarbonyl (C=S) groups is 1. The number of nitrogens with one attached hydrogen (secondary N) is 2. The lowest BCUT2D eigenvalue weighted by Gasteiger charge is -2.38. The Hall–Kier alpha value is -3.10. The number of hydrogen-bond acceptors (Lipinski definition) is 6. The third kappa shape index (κ3) is 7.18. The third-order valence-corrected chi connectivity index (χ3v) is 9.91. The van der Waals surface area contributed by atoms with E-state index in [-0.39, 0.29) is 5.41 Å². The predicted molar refractivity (Wildman–Crippen MR) is 184 cm³/mol. The Morgan fingerprint density at radius 1 is 0.860 bits per heavy atom. The van der Waals surface area contributed by atoms with Gasteiger partial charge in [-0.05, 0) is 73.1 Å². The second-order valence-electron chi connectivity index (χ2n) is 12.9. The van der Waals surface area contributed by atoms with Crippen LogP contribution in [0.1, 0.15) is 51.5 Å². The van der Waals surface area contributed by atoms with Crippen molar-refractivity contribution in [1.82, 2.24) is 15.3 Å². The van der Waals surface area contributed by atoms with Crippen molar-refractivity contribution < 1.29 is 0 Å². The van der Waals surface area contributed by atoms with Crippen LogP contribution in [0.15, 0.2) is 60.7 Å². The summed E-state index contributed by atoms with van der Waals surface area (Å²) in [4.78, 5) is 17.3. The average Bonchev–Trinajstić information content (AvgIpc) is 3.50. The molecule has 2 N–H and O–H groups in total. The molecule has 0 unspecified atom stereocenters. The van der Waals surface area contributed by atoms with Crippen LogP contribution in [0.5, 0.6) is 0 Å². The van der Waals surface area contributed by atoms with E-state index >= 15 is 0 Å². The summed E-state index contributed by atoms with van der Waals surface area (Å²) in [6.45, 7) is 11.2. The minimum absolute atomic E-state index is 0.0308. The van der Waals surface area contributed by atoms with Crippen LogP contribution in [0.2, 0.25) is 5.02 Å². The number of nitrogens with zero attached hydrogens (tertiary/aromatic N) is 5. The molecule has 2 aliphatic heterocycles. The summed E-state index contributed by atoms with van der Waals surface area (Å²) >= 11 is 12.2. The quantitative estimate of drug-likeness (QED) is 0.283. The maximum Gasteiger partial charge on any atom is 0.232 e. The van der Waals surface area contributed by atoms with Crippen molar-refractivity contribution in [3.63, 3.8) is 0 Å². The van der Waals surface area contributed by atoms with Gasteiger partial charge in [-0.25, -0.2) is 0 Å². The summed E-state index contributed by atoms with van der Waals surface area (Å²) in [6, 6.07) is 21.2. The zero-order valence-corrected chi connectivity index (χ0v) is 27.0. The van der Waals surface area contributed by atoms with Crippen LogP contribution in [0.4, 0.5) is 23.3 Å². The van der Waals surface area contributed by atoms with Crippen molar-refractivity contribution in [2.75, 3.05) is 65.8 Å². The van der Waals surface area contributed by atoms with Crippen LogP contribution in [0.3, 0.4) is 0 Å². The van der Waals surface area contributed by atoms with Gasteiger partial charge >= 0.3 is 0 Å². The number of anilines is 4. The number of aromatic nitrogens is 2. The van der Waals surface area contributed by atoms with Gasteiger partial charge in [0.2, 0.25) is 5.95 Å². The number of piperidine rings is 1. The average molecular weight is 618 g/mol. The molecule has 0 bridgehead atoms. The standard InChI is InChI=1S/C34H44ClN7S/c1-25-19-26(2)23-42(22-25)31-21-30(41-17-15-40(16-18-41)29-11-4-3-5-12-29)37-32(38-31)39-33(43)36-24-34(13-6-7-14-34)27-9-8-10-28(35)20-27/h3-5,8-12,20-21,25-26H,6-7,13-19,22-24H2,1-2H3,(H2,36,37,38,39,43)/t25-,26-/m0/s1. The van der Waals surface area contributed by atoms with E-state index in [9.17, 15) is 0 Å². The Bertz CT molecular complexity index is 1380. The molecular weight excluding hydrogens is 574 g/mol. The topological polar surface area (TPSA) is 59.6 Å². The first kappa shape index (κ1) is 29.9. The molecule has 43 heavy (non-hydrogen) atoms. The fourth-order valence-corrected chi connectivity index (χ4v) is 7.67. The zero-order chi connectivity index (χ0) is 29.8. The SMILES string of the molecule is C[C@H]1C[C@H](C)CN(c2cc(N3CCN(c4ccccc4)CC3)nc(NC(=S)NCC3(c4cccc(Cl)c4)CCCC3)n2)C1. The van der Waals surface area contributed by atoms with Gasteiger partial charge in [0.05, 0.1) is 0 Å². The van der Waals surface area contributed by atoms with Crippen molar-refractivity contribution in [3.8, 4) is 0 Å². The molecule has 2 aromatic carbocycles. The maximum absolute atomic E-state index is 6.38. The van der Waals surface area contributed by atoms with Gasteiger partial charge in [0.25, 0.3) is 0 Å². The molecule has 2 atom stereocenters. The highest BCUT2D eigenvalue weighted by molar-refractivity contribution is 7.80. The molecule has 2 saturated heterocycles. The molecule has 0 amide bonds. The van der Waals surface area contributed by atoms with E-state index in [1.54, 1.807) is 0 Å². The number of halogens is 1. The van der Waals surface area contributed by atoms with Gasteiger partial charge < -0.3 is 25.3 Å². The lowest BCUT2D eigenvalue weighted by atomic mass is 9.79. The summed E-state index contributed by atoms with van der Waals surface area (Å²) in [6.07, 6.45) is 5.93. The van der Waals surface area contributed by atoms with Gasteiger partial charge in [0.1, 0.15) is 11.6 Å². The number of benzene rings is 2. The van der Waals surface area contributed by atoms with E-state index < -0.39 is 0 Å². The van der Waals surface area contributed by atoms with Gasteiger partial charge in [-0.15, -0.1) is 0 Å². The van der Waals surface area contributed by atoms with Gasteiger partial charge in [-0.2, -0.15) is 9.97 Å². The second kappa shape index (κ2) is 13.3. The maximum atomic E-state index is 6.38. The molecule has 1 saturated carbocycles. The van der Waals surface area contributed by atoms with Gasteiger partial charge in [-0.3, -0.25) is 0 Å². The molecule has 3 aliphatic rings. The first-order chi connectivity index (χ1) is 20.9. The Kier molecular flexibility index (Phi) is 9.24. The van der Waals surface area contributed by atoms with E-state index in [2.05, 4.69) is 93.8 Å². The first-order valence-electron chi connectivity index (χ1n) is 15.9. The Labute approximate surface area is 267 Å². The molecule has 3 heterocycles. The molecule has 9 heteroatoms. The van der Waals surface area contributed by atoms with E-state index in [1.807, 2.05) is 6.07 Å². The molecular formula is C34H44ClN7S. The van der Waals surface area contributed by atoms with E-state index in [4.69, 9.17) is 33.8 Å². The van der Waals surface area contributed by atoms with Crippen LogP contribution in [-0.2, 0) is 5.41 Å². The smallest absolute Gasteiger partial charge is 0.232 e. The number of rotatable bonds is 7. The van der Waals surface area contributed by atoms with Crippen LogP contribution < -0.4 is 25.3 Å². The molecule has 0 spiro atoms. The monoisotopic (exact) mass is 617 g/mol. The fraction of sp³-hybridized carbons (Fsp3) is 0.500. The van der Waals surface area contributed by atoms with Crippen molar-refractivity contribution in [1.29, 1.82) is 0 Å². The fourth-order valence-electron chi connectivity index (χ4n) is 7.32. The highest BCUT2D eigenvalue weighted by Gasteiger charge is 2.36. The van der Waals surface area contributed by atoms with Crippen LogP contribution in [0.25, 0.3) is 0 Å². The van der Waals surface area contributed by atoms with Crippen LogP contribution in [-0.4, -0.2) is 60.9 Å². The number of hydrogen-bond donors (Lipinski definition) is 2. The zero-order valence-electron chi connectivity index (χ0n) is 25.4. The Balaban J connectivity index is 1.19. The molecule has 1 aromatic heterocycles. The normalized spacial score (nSPS) is 22.0. The lowest BCUT2D eigenvalue weighted by Crippen LogP contribution is -2.47. The largest absolute Gasteiger partial charge is 0.368 e. The van der Waals surface area contributed by atoms with Crippen LogP contribution in [0, 0.1) is 11.8 Å². The van der Waals surface area contributed by atoms with Gasteiger partial charge in [0.15, 0.2) is 5.11 Å². The van der Waals surface area contributed by atoms with Crippen LogP contribution >= 0.6 is 23.8 Å². The van der Waals surface area contributed by atoms with Gasteiger partial charge in [-0.1, -0.05) is 68.6 Å². The van der Waals surface area contributed by atoms with Crippen molar-refractivity contribution >= 4 is 52.2 Å². The van der Waals surface area contributed by atoms with E-state index in [1.165, 1.54) is 30.5 Å². The third-order valence-electron chi connectivity index (χ3n) is 9.43. The molecule has 0 radical (unpaired) electrons. The second-order valence-corrected chi connectivity index (χ2v) is 13.7. The molecule has 228 valence electrons. The highest BCUT2D eigenvalue weighted by Crippen LogP contribution is 2.41. The van der Waals surface area contributed by atoms with Crippen molar-refractivity contribution in [3.05, 3.63) is 71.2 Å². The first-order valence-corrected chi connectivity index (χ1v) is 16.7. The Morgan fingerprint density at radius 2 is 1.51 bits per heavy atom. The Morgan fingerprint density at radius 3 is 2.19 bits per heavy atom. The molecule has 6 rings (SSSR count). The summed E-state index contributed by atoms with van der Waals surface area (Å²) in [5.41, 5.74) is 2.60. The highest BCUT2D eigenvalue weighted by atomic mass is 35.5. The molecule has 3 fully saturated rings. The minimum Gasteiger partial charge on any atom is -0.368 e. The number of piperazine rings is 1. The predicted octanol–water partition coefficient (Wildman–Crippen LogP) is 6.74. The molecule has 7 nitrogen and oxygen atoms in total. The number of para-hydroxylation sites is 1. The lowest BCUT2D eigenvalue weighted by molar-refractivity contribution is 0.355. The molecule has 1 aliphatic carbocycles. The summed E-state index contributed by atoms with van der Waals surface area (Å²) < 4.78 is 0. The summed E-state index contributed by atoms with van der Waals surface area (Å²) in [5.74, 6) is 3.75. The van der Waals surface area contributed by atoms with Gasteiger partial charge in [0, 0.05) is 68.0 Å². The van der Waals surface area contributed by atoms with Crippen molar-refractivity contribution in [2.24, 2.45) is 11.8 Å². The van der Waals surface area contributed by atoms with E-state index in [0.717, 1.165) is 75.3 Å². The summed E-state index contributed by atoms with van der Waals surface area (Å²) in [5, 5.41) is 8.25. The van der Waals surface area contributed by atoms with E-state index in [0.29, 0.717) is 22.9 Å². The molecule has 3 aromatic rings. The summed E-state index contributed by atoms with van der Waals surface area (Å²) in [7, 11) is 0.